The maximum Gasteiger partial charge on any atom is 0.416 e. The Hall–Kier alpha value is -2.36. The summed E-state index contributed by atoms with van der Waals surface area (Å²) in [5.74, 6) is -0.332. The molecule has 0 aliphatic carbocycles. The van der Waals surface area contributed by atoms with E-state index in [9.17, 15) is 18.0 Å². The summed E-state index contributed by atoms with van der Waals surface area (Å²) in [6, 6.07) is 11.8. The van der Waals surface area contributed by atoms with E-state index in [4.69, 9.17) is 0 Å². The van der Waals surface area contributed by atoms with Gasteiger partial charge in [0, 0.05) is 24.5 Å². The van der Waals surface area contributed by atoms with Gasteiger partial charge < -0.3 is 5.32 Å². The van der Waals surface area contributed by atoms with Crippen molar-refractivity contribution in [1.29, 1.82) is 0 Å². The second-order valence-corrected chi connectivity index (χ2v) is 6.60. The van der Waals surface area contributed by atoms with Crippen molar-refractivity contribution in [1.82, 2.24) is 9.78 Å². The summed E-state index contributed by atoms with van der Waals surface area (Å²) in [7, 11) is 1.72. The van der Waals surface area contributed by atoms with Gasteiger partial charge >= 0.3 is 6.18 Å². The molecule has 2 aromatic carbocycles. The van der Waals surface area contributed by atoms with Crippen LogP contribution in [0, 0.1) is 3.70 Å². The van der Waals surface area contributed by atoms with Crippen LogP contribution >= 0.6 is 22.6 Å². The van der Waals surface area contributed by atoms with Gasteiger partial charge in [0.05, 0.1) is 11.1 Å². The Morgan fingerprint density at radius 1 is 1.12 bits per heavy atom. The first-order chi connectivity index (χ1) is 12.3. The minimum Gasteiger partial charge on any atom is -0.321 e. The summed E-state index contributed by atoms with van der Waals surface area (Å²) < 4.78 is 40.3. The molecule has 0 atom stereocenters. The lowest BCUT2D eigenvalue weighted by atomic mass is 10.0. The highest BCUT2D eigenvalue weighted by molar-refractivity contribution is 14.1. The number of rotatable bonds is 3. The summed E-state index contributed by atoms with van der Waals surface area (Å²) in [5.41, 5.74) is 1.43. The average Bonchev–Trinajstić information content (AvgIpc) is 2.93. The number of aryl methyl sites for hydroxylation is 1. The Balaban J connectivity index is 1.91. The number of alkyl halides is 3. The normalized spacial score (nSPS) is 11.4. The molecule has 0 bridgehead atoms. The molecule has 0 radical (unpaired) electrons. The number of amides is 1. The molecule has 134 valence electrons. The molecule has 1 N–H and O–H groups in total. The topological polar surface area (TPSA) is 46.9 Å². The molecule has 0 unspecified atom stereocenters. The summed E-state index contributed by atoms with van der Waals surface area (Å²) in [5, 5.41) is 6.93. The fraction of sp³-hybridized carbons (Fsp3) is 0.111. The molecule has 1 aromatic heterocycles. The van der Waals surface area contributed by atoms with E-state index in [1.807, 2.05) is 22.6 Å². The molecular formula is C18H13F3IN3O. The third-order valence-corrected chi connectivity index (χ3v) is 4.52. The fourth-order valence-electron chi connectivity index (χ4n) is 2.49. The first kappa shape index (κ1) is 18.4. The largest absolute Gasteiger partial charge is 0.416 e. The van der Waals surface area contributed by atoms with E-state index >= 15 is 0 Å². The Kier molecular flexibility index (Phi) is 5.03. The predicted octanol–water partition coefficient (Wildman–Crippen LogP) is 4.96. The third kappa shape index (κ3) is 3.90. The van der Waals surface area contributed by atoms with E-state index in [0.29, 0.717) is 26.1 Å². The van der Waals surface area contributed by atoms with Crippen molar-refractivity contribution in [2.45, 2.75) is 6.18 Å². The van der Waals surface area contributed by atoms with Crippen LogP contribution in [0.15, 0.2) is 54.7 Å². The van der Waals surface area contributed by atoms with E-state index in [1.165, 1.54) is 12.1 Å². The molecule has 1 heterocycles. The molecule has 0 saturated carbocycles. The molecule has 8 heteroatoms. The second-order valence-electron chi connectivity index (χ2n) is 5.58. The zero-order valence-electron chi connectivity index (χ0n) is 13.5. The Morgan fingerprint density at radius 3 is 2.35 bits per heavy atom. The van der Waals surface area contributed by atoms with Gasteiger partial charge in [-0.3, -0.25) is 9.48 Å². The summed E-state index contributed by atoms with van der Waals surface area (Å²) in [6.45, 7) is 0. The quantitative estimate of drug-likeness (QED) is 0.549. The van der Waals surface area contributed by atoms with Crippen molar-refractivity contribution in [2.75, 3.05) is 5.32 Å². The summed E-state index contributed by atoms with van der Waals surface area (Å²) >= 11 is 1.97. The lowest BCUT2D eigenvalue weighted by molar-refractivity contribution is -0.137. The van der Waals surface area contributed by atoms with Gasteiger partial charge in [-0.2, -0.15) is 18.3 Å². The van der Waals surface area contributed by atoms with Crippen LogP contribution in [0.1, 0.15) is 15.9 Å². The summed E-state index contributed by atoms with van der Waals surface area (Å²) in [4.78, 5) is 12.5. The van der Waals surface area contributed by atoms with Crippen LogP contribution in [0.25, 0.3) is 11.1 Å². The van der Waals surface area contributed by atoms with Gasteiger partial charge in [0.25, 0.3) is 5.91 Å². The average molecular weight is 471 g/mol. The second kappa shape index (κ2) is 7.10. The molecule has 26 heavy (non-hydrogen) atoms. The lowest BCUT2D eigenvalue weighted by Crippen LogP contribution is -2.13. The van der Waals surface area contributed by atoms with E-state index in [2.05, 4.69) is 10.4 Å². The highest BCUT2D eigenvalue weighted by atomic mass is 127. The molecule has 4 nitrogen and oxygen atoms in total. The molecule has 0 aliphatic heterocycles. The third-order valence-electron chi connectivity index (χ3n) is 3.73. The monoisotopic (exact) mass is 471 g/mol. The molecule has 3 aromatic rings. The highest BCUT2D eigenvalue weighted by Gasteiger charge is 2.30. The SMILES string of the molecule is Cn1cc(C(=O)Nc2ccccc2-c2ccc(C(F)(F)F)cc2)c(I)n1. The minimum atomic E-state index is -4.39. The van der Waals surface area contributed by atoms with Gasteiger partial charge in [-0.05, 0) is 46.4 Å². The highest BCUT2D eigenvalue weighted by Crippen LogP contribution is 2.33. The van der Waals surface area contributed by atoms with Crippen molar-refractivity contribution in [3.05, 3.63) is 69.6 Å². The molecular weight excluding hydrogens is 458 g/mol. The van der Waals surface area contributed by atoms with Gasteiger partial charge in [0.15, 0.2) is 0 Å². The Morgan fingerprint density at radius 2 is 1.77 bits per heavy atom. The maximum atomic E-state index is 12.7. The van der Waals surface area contributed by atoms with Crippen molar-refractivity contribution >= 4 is 34.2 Å². The molecule has 0 aliphatic rings. The molecule has 0 spiro atoms. The predicted molar refractivity (Wildman–Crippen MR) is 101 cm³/mol. The van der Waals surface area contributed by atoms with Gasteiger partial charge in [0.1, 0.15) is 3.70 Å². The Bertz CT molecular complexity index is 949. The number of halogens is 4. The van der Waals surface area contributed by atoms with Crippen molar-refractivity contribution in [3.63, 3.8) is 0 Å². The van der Waals surface area contributed by atoms with Gasteiger partial charge in [-0.15, -0.1) is 0 Å². The van der Waals surface area contributed by atoms with Crippen LogP contribution in [0.3, 0.4) is 0 Å². The van der Waals surface area contributed by atoms with Gasteiger partial charge in [0.2, 0.25) is 0 Å². The van der Waals surface area contributed by atoms with Gasteiger partial charge in [-0.1, -0.05) is 30.3 Å². The van der Waals surface area contributed by atoms with E-state index < -0.39 is 11.7 Å². The Labute approximate surface area is 161 Å². The van der Waals surface area contributed by atoms with Crippen molar-refractivity contribution < 1.29 is 18.0 Å². The van der Waals surface area contributed by atoms with Crippen molar-refractivity contribution in [2.24, 2.45) is 7.05 Å². The van der Waals surface area contributed by atoms with E-state index in [1.54, 1.807) is 42.2 Å². The van der Waals surface area contributed by atoms with Crippen LogP contribution in [0.5, 0.6) is 0 Å². The van der Waals surface area contributed by atoms with Crippen LogP contribution < -0.4 is 5.32 Å². The van der Waals surface area contributed by atoms with Gasteiger partial charge in [-0.25, -0.2) is 0 Å². The molecule has 0 saturated heterocycles. The maximum absolute atomic E-state index is 12.7. The van der Waals surface area contributed by atoms with E-state index in [-0.39, 0.29) is 5.91 Å². The number of nitrogens with one attached hydrogen (secondary N) is 1. The van der Waals surface area contributed by atoms with Crippen LogP contribution in [-0.4, -0.2) is 15.7 Å². The number of carbonyl (C=O) groups excluding carboxylic acids is 1. The first-order valence-corrected chi connectivity index (χ1v) is 8.61. The lowest BCUT2D eigenvalue weighted by Gasteiger charge is -2.12. The number of benzene rings is 2. The number of aromatic nitrogens is 2. The fourth-order valence-corrected chi connectivity index (χ4v) is 3.21. The van der Waals surface area contributed by atoms with Crippen LogP contribution in [0.2, 0.25) is 0 Å². The number of hydrogen-bond donors (Lipinski definition) is 1. The smallest absolute Gasteiger partial charge is 0.321 e. The van der Waals surface area contributed by atoms with E-state index in [0.717, 1.165) is 12.1 Å². The summed E-state index contributed by atoms with van der Waals surface area (Å²) in [6.07, 6.45) is -2.78. The van der Waals surface area contributed by atoms with Crippen LogP contribution in [0.4, 0.5) is 18.9 Å². The number of hydrogen-bond acceptors (Lipinski definition) is 2. The standard InChI is InChI=1S/C18H13F3IN3O/c1-25-10-14(16(22)24-25)17(26)23-15-5-3-2-4-13(15)11-6-8-12(9-7-11)18(19,20)21/h2-10H,1H3,(H,23,26). The molecule has 3 rings (SSSR count). The minimum absolute atomic E-state index is 0.332. The first-order valence-electron chi connectivity index (χ1n) is 7.53. The number of para-hydroxylation sites is 1. The number of nitrogens with zero attached hydrogens (tertiary/aromatic N) is 2. The van der Waals surface area contributed by atoms with Crippen LogP contribution in [-0.2, 0) is 13.2 Å². The van der Waals surface area contributed by atoms with Crippen molar-refractivity contribution in [3.8, 4) is 11.1 Å². The molecule has 1 amide bonds. The zero-order chi connectivity index (χ0) is 18.9. The number of carbonyl (C=O) groups is 1. The zero-order valence-corrected chi connectivity index (χ0v) is 15.7. The molecule has 0 fully saturated rings. The number of anilines is 1.